The number of allylic oxidation sites excluding steroid dienone is 1. The predicted octanol–water partition coefficient (Wildman–Crippen LogP) is 1.47. The van der Waals surface area contributed by atoms with Crippen molar-refractivity contribution in [3.63, 3.8) is 0 Å². The van der Waals surface area contributed by atoms with E-state index in [1.807, 2.05) is 6.92 Å². The molecule has 0 radical (unpaired) electrons. The zero-order valence-electron chi connectivity index (χ0n) is 17.9. The zero-order valence-corrected chi connectivity index (χ0v) is 18.7. The molecule has 3 atom stereocenters. The number of hydrogen-bond acceptors (Lipinski definition) is 6. The number of aromatic nitrogens is 3. The fourth-order valence-electron chi connectivity index (χ4n) is 5.02. The second kappa shape index (κ2) is 8.16. The molecule has 2 aliphatic carbocycles. The Bertz CT molecular complexity index is 1170. The Labute approximate surface area is 190 Å². The number of thiocarbonyl (C=S) groups is 1. The van der Waals surface area contributed by atoms with E-state index in [9.17, 15) is 14.7 Å². The Kier molecular flexibility index (Phi) is 5.32. The molecule has 0 amide bonds. The maximum atomic E-state index is 12.5. The van der Waals surface area contributed by atoms with Crippen LogP contribution in [0.2, 0.25) is 0 Å². The first-order chi connectivity index (χ1) is 15.4. The summed E-state index contributed by atoms with van der Waals surface area (Å²) in [4.78, 5) is 37.2. The summed E-state index contributed by atoms with van der Waals surface area (Å²) in [5, 5.41) is 13.9. The number of aryl methyl sites for hydroxylation is 1. The van der Waals surface area contributed by atoms with E-state index in [2.05, 4.69) is 37.2 Å². The van der Waals surface area contributed by atoms with Gasteiger partial charge >= 0.3 is 5.97 Å². The summed E-state index contributed by atoms with van der Waals surface area (Å²) in [5.41, 5.74) is -0.367. The monoisotopic (exact) mass is 454 g/mol. The smallest absolute Gasteiger partial charge is 0.341 e. The number of carboxylic acid groups (broad SMARTS) is 1. The maximum absolute atomic E-state index is 12.5. The molecular formula is C22H26N6O3S. The van der Waals surface area contributed by atoms with E-state index in [0.29, 0.717) is 49.1 Å². The molecule has 9 nitrogen and oxygen atoms in total. The summed E-state index contributed by atoms with van der Waals surface area (Å²) in [5.74, 6) is 0.599. The molecule has 2 fully saturated rings. The number of piperazine rings is 1. The van der Waals surface area contributed by atoms with Crippen molar-refractivity contribution in [2.45, 2.75) is 32.4 Å². The van der Waals surface area contributed by atoms with Gasteiger partial charge in [-0.05, 0) is 43.8 Å². The number of aromatic carboxylic acids is 1. The van der Waals surface area contributed by atoms with Crippen LogP contribution in [0.15, 0.2) is 29.3 Å². The van der Waals surface area contributed by atoms with Gasteiger partial charge in [-0.2, -0.15) is 4.98 Å². The Morgan fingerprint density at radius 3 is 2.66 bits per heavy atom. The SMILES string of the molecule is CCn1cc(C(=O)O)c(=O)c2cnc(N3CCN(C(=S)N[C@@H]4C[C@H]5C=C[C@@H]4C5)CC3)nc21. The molecule has 168 valence electrons. The van der Waals surface area contributed by atoms with Crippen LogP contribution in [0.1, 0.15) is 30.1 Å². The first kappa shape index (κ1) is 20.9. The highest BCUT2D eigenvalue weighted by molar-refractivity contribution is 7.80. The van der Waals surface area contributed by atoms with Crippen molar-refractivity contribution in [1.82, 2.24) is 24.8 Å². The number of anilines is 1. The van der Waals surface area contributed by atoms with Gasteiger partial charge in [0.05, 0.1) is 5.39 Å². The van der Waals surface area contributed by atoms with Crippen molar-refractivity contribution in [1.29, 1.82) is 0 Å². The minimum absolute atomic E-state index is 0.222. The van der Waals surface area contributed by atoms with Gasteiger partial charge in [-0.25, -0.2) is 9.78 Å². The van der Waals surface area contributed by atoms with Gasteiger partial charge < -0.3 is 24.8 Å². The molecule has 2 aromatic heterocycles. The van der Waals surface area contributed by atoms with Gasteiger partial charge in [0.15, 0.2) is 5.11 Å². The Morgan fingerprint density at radius 1 is 1.25 bits per heavy atom. The molecule has 1 saturated heterocycles. The van der Waals surface area contributed by atoms with Crippen molar-refractivity contribution < 1.29 is 9.90 Å². The van der Waals surface area contributed by atoms with Crippen molar-refractivity contribution in [3.8, 4) is 0 Å². The van der Waals surface area contributed by atoms with E-state index in [1.165, 1.54) is 18.8 Å². The average Bonchev–Trinajstić information content (AvgIpc) is 3.42. The maximum Gasteiger partial charge on any atom is 0.341 e. The number of pyridine rings is 1. The van der Waals surface area contributed by atoms with Crippen LogP contribution in [0.5, 0.6) is 0 Å². The van der Waals surface area contributed by atoms with E-state index in [1.54, 1.807) is 4.57 Å². The highest BCUT2D eigenvalue weighted by Gasteiger charge is 2.36. The minimum atomic E-state index is -1.25. The topological polar surface area (TPSA) is 104 Å². The van der Waals surface area contributed by atoms with E-state index in [4.69, 9.17) is 12.2 Å². The standard InChI is InChI=1S/C22H26N6O3S/c1-2-26-12-16(20(30)31)18(29)15-11-23-21(25-19(15)26)27-5-7-28(8-6-27)22(32)24-17-10-13-3-4-14(17)9-13/h3-4,11-14,17H,2,5-10H2,1H3,(H,24,32)(H,30,31)/t13-,14+,17+/m0/s1. The molecular weight excluding hydrogens is 428 g/mol. The van der Waals surface area contributed by atoms with E-state index >= 15 is 0 Å². The minimum Gasteiger partial charge on any atom is -0.477 e. The molecule has 32 heavy (non-hydrogen) atoms. The van der Waals surface area contributed by atoms with E-state index in [-0.39, 0.29) is 10.9 Å². The van der Waals surface area contributed by atoms with Gasteiger partial charge in [0.1, 0.15) is 11.2 Å². The summed E-state index contributed by atoms with van der Waals surface area (Å²) in [6.45, 7) is 5.35. The zero-order chi connectivity index (χ0) is 22.4. The summed E-state index contributed by atoms with van der Waals surface area (Å²) >= 11 is 5.68. The molecule has 0 spiro atoms. The van der Waals surface area contributed by atoms with Gasteiger partial charge in [-0.1, -0.05) is 12.2 Å². The number of fused-ring (bicyclic) bond motifs is 3. The van der Waals surface area contributed by atoms with Crippen LogP contribution in [0, 0.1) is 11.8 Å². The molecule has 0 aromatic carbocycles. The number of carboxylic acids is 1. The van der Waals surface area contributed by atoms with Crippen molar-refractivity contribution in [3.05, 3.63) is 40.3 Å². The highest BCUT2D eigenvalue weighted by Crippen LogP contribution is 2.39. The largest absolute Gasteiger partial charge is 0.477 e. The summed E-state index contributed by atoms with van der Waals surface area (Å²) in [6, 6.07) is 0.445. The van der Waals surface area contributed by atoms with Crippen LogP contribution in [0.4, 0.5) is 5.95 Å². The Morgan fingerprint density at radius 2 is 2.03 bits per heavy atom. The quantitative estimate of drug-likeness (QED) is 0.525. The van der Waals surface area contributed by atoms with Crippen molar-refractivity contribution >= 4 is 40.3 Å². The van der Waals surface area contributed by atoms with Crippen LogP contribution in [0.25, 0.3) is 11.0 Å². The molecule has 1 aliphatic heterocycles. The Hall–Kier alpha value is -3.01. The predicted molar refractivity (Wildman–Crippen MR) is 125 cm³/mol. The molecule has 3 heterocycles. The number of nitrogens with zero attached hydrogens (tertiary/aromatic N) is 5. The lowest BCUT2D eigenvalue weighted by molar-refractivity contribution is 0.0695. The Balaban J connectivity index is 1.29. The number of rotatable bonds is 4. The third-order valence-electron chi connectivity index (χ3n) is 6.81. The average molecular weight is 455 g/mol. The molecule has 5 rings (SSSR count). The third kappa shape index (κ3) is 3.62. The van der Waals surface area contributed by atoms with Crippen molar-refractivity contribution in [2.75, 3.05) is 31.1 Å². The van der Waals surface area contributed by atoms with E-state index in [0.717, 1.165) is 24.6 Å². The number of nitrogens with one attached hydrogen (secondary N) is 1. The van der Waals surface area contributed by atoms with Gasteiger partial charge in [-0.15, -0.1) is 0 Å². The van der Waals surface area contributed by atoms with Gasteiger partial charge in [0.25, 0.3) is 0 Å². The lowest BCUT2D eigenvalue weighted by Gasteiger charge is -2.37. The second-order valence-electron chi connectivity index (χ2n) is 8.68. The van der Waals surface area contributed by atoms with Crippen molar-refractivity contribution in [2.24, 2.45) is 11.8 Å². The van der Waals surface area contributed by atoms with E-state index < -0.39 is 11.4 Å². The molecule has 2 N–H and O–H groups in total. The third-order valence-corrected chi connectivity index (χ3v) is 7.19. The molecule has 3 aliphatic rings. The lowest BCUT2D eigenvalue weighted by atomic mass is 10.0. The van der Waals surface area contributed by atoms with Crippen LogP contribution in [0.3, 0.4) is 0 Å². The van der Waals surface area contributed by atoms with Gasteiger partial charge in [0, 0.05) is 51.2 Å². The van der Waals surface area contributed by atoms with Crippen LogP contribution < -0.4 is 15.6 Å². The van der Waals surface area contributed by atoms with Crippen LogP contribution >= 0.6 is 12.2 Å². The van der Waals surface area contributed by atoms with Crippen LogP contribution in [-0.4, -0.2) is 67.8 Å². The fraction of sp³-hybridized carbons (Fsp3) is 0.500. The van der Waals surface area contributed by atoms with Gasteiger partial charge in [-0.3, -0.25) is 4.79 Å². The lowest BCUT2D eigenvalue weighted by Crippen LogP contribution is -2.54. The van der Waals surface area contributed by atoms with Gasteiger partial charge in [0.2, 0.25) is 11.4 Å². The number of carbonyl (C=O) groups is 1. The molecule has 2 aromatic rings. The first-order valence-corrected chi connectivity index (χ1v) is 11.5. The molecule has 2 bridgehead atoms. The molecule has 1 saturated carbocycles. The summed E-state index contributed by atoms with van der Waals surface area (Å²) < 4.78 is 1.68. The highest BCUT2D eigenvalue weighted by atomic mass is 32.1. The summed E-state index contributed by atoms with van der Waals surface area (Å²) in [7, 11) is 0. The first-order valence-electron chi connectivity index (χ1n) is 11.1. The normalized spacial score (nSPS) is 24.3. The van der Waals surface area contributed by atoms with Crippen LogP contribution in [-0.2, 0) is 6.54 Å². The molecule has 0 unspecified atom stereocenters. The molecule has 10 heteroatoms. The second-order valence-corrected chi connectivity index (χ2v) is 9.07. The number of hydrogen-bond donors (Lipinski definition) is 2. The fourth-order valence-corrected chi connectivity index (χ4v) is 5.35. The summed E-state index contributed by atoms with van der Waals surface area (Å²) in [6.07, 6.45) is 9.85.